The van der Waals surface area contributed by atoms with Gasteiger partial charge in [0.1, 0.15) is 0 Å². The number of hydrogen-bond donors (Lipinski definition) is 1. The van der Waals surface area contributed by atoms with Crippen molar-refractivity contribution in [1.29, 1.82) is 0 Å². The lowest BCUT2D eigenvalue weighted by Crippen LogP contribution is -2.12. The van der Waals surface area contributed by atoms with Crippen LogP contribution in [0.3, 0.4) is 0 Å². The smallest absolute Gasteiger partial charge is 0.0861 e. The quantitative estimate of drug-likeness (QED) is 0.740. The second-order valence-corrected chi connectivity index (χ2v) is 4.14. The van der Waals surface area contributed by atoms with Gasteiger partial charge in [-0.05, 0) is 30.4 Å². The number of aliphatic hydroxyl groups excluding tert-OH is 1. The van der Waals surface area contributed by atoms with E-state index in [-0.39, 0.29) is 5.92 Å². The van der Waals surface area contributed by atoms with Gasteiger partial charge in [0.15, 0.2) is 0 Å². The minimum atomic E-state index is -0.409. The first-order chi connectivity index (χ1) is 7.33. The summed E-state index contributed by atoms with van der Waals surface area (Å²) in [5, 5.41) is 10.2. The molecule has 0 amide bonds. The van der Waals surface area contributed by atoms with Gasteiger partial charge in [-0.15, -0.1) is 5.73 Å². The lowest BCUT2D eigenvalue weighted by atomic mass is 9.91. The molecule has 1 aliphatic carbocycles. The van der Waals surface area contributed by atoms with Crippen molar-refractivity contribution in [3.8, 4) is 0 Å². The van der Waals surface area contributed by atoms with E-state index < -0.39 is 6.10 Å². The van der Waals surface area contributed by atoms with Crippen LogP contribution >= 0.6 is 0 Å². The summed E-state index contributed by atoms with van der Waals surface area (Å²) in [5.74, 6) is 0.805. The minimum absolute atomic E-state index is 0.185. The number of aliphatic hydroxyl groups is 1. The van der Waals surface area contributed by atoms with Crippen LogP contribution in [0.4, 0.5) is 0 Å². The van der Waals surface area contributed by atoms with Crippen molar-refractivity contribution in [2.45, 2.75) is 18.9 Å². The Hall–Kier alpha value is -1.30. The SMILES string of the molecule is C=C=C[C@H](C1CC1)[C@H](O)c1ccccc1. The van der Waals surface area contributed by atoms with E-state index in [2.05, 4.69) is 12.3 Å². The second kappa shape index (κ2) is 4.48. The summed E-state index contributed by atoms with van der Waals surface area (Å²) in [4.78, 5) is 0. The van der Waals surface area contributed by atoms with E-state index in [0.29, 0.717) is 5.92 Å². The summed E-state index contributed by atoms with van der Waals surface area (Å²) in [7, 11) is 0. The molecule has 1 aromatic rings. The first-order valence-corrected chi connectivity index (χ1v) is 5.42. The molecule has 1 aromatic carbocycles. The predicted molar refractivity (Wildman–Crippen MR) is 61.3 cm³/mol. The van der Waals surface area contributed by atoms with Crippen LogP contribution in [0.25, 0.3) is 0 Å². The first kappa shape index (κ1) is 10.2. The molecule has 78 valence electrons. The molecule has 15 heavy (non-hydrogen) atoms. The highest BCUT2D eigenvalue weighted by atomic mass is 16.3. The Morgan fingerprint density at radius 2 is 2.00 bits per heavy atom. The van der Waals surface area contributed by atoms with Crippen molar-refractivity contribution in [3.05, 3.63) is 54.3 Å². The van der Waals surface area contributed by atoms with Crippen molar-refractivity contribution >= 4 is 0 Å². The predicted octanol–water partition coefficient (Wildman–Crippen LogP) is 3.09. The Kier molecular flexibility index (Phi) is 3.05. The van der Waals surface area contributed by atoms with Crippen molar-refractivity contribution in [2.75, 3.05) is 0 Å². The molecule has 0 aliphatic heterocycles. The van der Waals surface area contributed by atoms with Crippen LogP contribution in [0.5, 0.6) is 0 Å². The summed E-state index contributed by atoms with van der Waals surface area (Å²) < 4.78 is 0. The second-order valence-electron chi connectivity index (χ2n) is 4.14. The van der Waals surface area contributed by atoms with Gasteiger partial charge in [-0.25, -0.2) is 0 Å². The Labute approximate surface area is 90.8 Å². The van der Waals surface area contributed by atoms with Crippen molar-refractivity contribution in [1.82, 2.24) is 0 Å². The Balaban J connectivity index is 2.17. The molecule has 2 rings (SSSR count). The summed E-state index contributed by atoms with van der Waals surface area (Å²) >= 11 is 0. The third-order valence-corrected chi connectivity index (χ3v) is 2.98. The molecular weight excluding hydrogens is 184 g/mol. The topological polar surface area (TPSA) is 20.2 Å². The van der Waals surface area contributed by atoms with Gasteiger partial charge < -0.3 is 5.11 Å². The van der Waals surface area contributed by atoms with Gasteiger partial charge in [0.25, 0.3) is 0 Å². The molecule has 0 saturated heterocycles. The molecule has 0 radical (unpaired) electrons. The van der Waals surface area contributed by atoms with Crippen LogP contribution < -0.4 is 0 Å². The third kappa shape index (κ3) is 2.38. The molecule has 1 nitrogen and oxygen atoms in total. The molecule has 0 spiro atoms. The van der Waals surface area contributed by atoms with Crippen LogP contribution in [0.1, 0.15) is 24.5 Å². The number of benzene rings is 1. The van der Waals surface area contributed by atoms with Gasteiger partial charge in [-0.2, -0.15) is 0 Å². The highest BCUT2D eigenvalue weighted by molar-refractivity contribution is 5.20. The van der Waals surface area contributed by atoms with Crippen LogP contribution in [0, 0.1) is 11.8 Å². The van der Waals surface area contributed by atoms with Crippen LogP contribution in [-0.4, -0.2) is 5.11 Å². The molecule has 0 heterocycles. The highest BCUT2D eigenvalue weighted by Gasteiger charge is 2.34. The highest BCUT2D eigenvalue weighted by Crippen LogP contribution is 2.43. The molecule has 1 fully saturated rings. The zero-order valence-electron chi connectivity index (χ0n) is 8.76. The molecule has 1 aliphatic rings. The van der Waals surface area contributed by atoms with Crippen molar-refractivity contribution < 1.29 is 5.11 Å². The van der Waals surface area contributed by atoms with Crippen molar-refractivity contribution in [2.24, 2.45) is 11.8 Å². The van der Waals surface area contributed by atoms with E-state index in [1.165, 1.54) is 12.8 Å². The molecular formula is C14H16O. The summed E-state index contributed by atoms with van der Waals surface area (Å²) in [5.41, 5.74) is 3.79. The molecule has 0 aromatic heterocycles. The van der Waals surface area contributed by atoms with Gasteiger partial charge in [0.2, 0.25) is 0 Å². The fourth-order valence-corrected chi connectivity index (χ4v) is 1.97. The van der Waals surface area contributed by atoms with E-state index in [4.69, 9.17) is 0 Å². The molecule has 1 N–H and O–H groups in total. The zero-order chi connectivity index (χ0) is 10.7. The number of rotatable bonds is 4. The average Bonchev–Trinajstić information content (AvgIpc) is 3.10. The Morgan fingerprint density at radius 1 is 1.33 bits per heavy atom. The molecule has 1 heteroatoms. The third-order valence-electron chi connectivity index (χ3n) is 2.98. The lowest BCUT2D eigenvalue weighted by Gasteiger charge is -2.18. The summed E-state index contributed by atoms with van der Waals surface area (Å²) in [6, 6.07) is 9.82. The summed E-state index contributed by atoms with van der Waals surface area (Å²) in [6.45, 7) is 3.60. The van der Waals surface area contributed by atoms with Crippen LogP contribution in [0.2, 0.25) is 0 Å². The van der Waals surface area contributed by atoms with Crippen molar-refractivity contribution in [3.63, 3.8) is 0 Å². The first-order valence-electron chi connectivity index (χ1n) is 5.42. The Morgan fingerprint density at radius 3 is 2.53 bits per heavy atom. The monoisotopic (exact) mass is 200 g/mol. The van der Waals surface area contributed by atoms with Crippen LogP contribution in [0.15, 0.2) is 48.7 Å². The Bertz CT molecular complexity index is 358. The average molecular weight is 200 g/mol. The van der Waals surface area contributed by atoms with Gasteiger partial charge in [0, 0.05) is 5.92 Å². The minimum Gasteiger partial charge on any atom is -0.388 e. The standard InChI is InChI=1S/C14H16O/c1-2-6-13(11-9-10-11)14(15)12-7-4-3-5-8-12/h3-8,11,13-15H,1,9-10H2/t13-,14-/m1/s1. The van der Waals surface area contributed by atoms with Crippen LogP contribution in [-0.2, 0) is 0 Å². The van der Waals surface area contributed by atoms with Gasteiger partial charge in [0.05, 0.1) is 6.10 Å². The number of hydrogen-bond acceptors (Lipinski definition) is 1. The molecule has 2 atom stereocenters. The molecule has 0 bridgehead atoms. The van der Waals surface area contributed by atoms with E-state index in [1.54, 1.807) is 0 Å². The lowest BCUT2D eigenvalue weighted by molar-refractivity contribution is 0.121. The van der Waals surface area contributed by atoms with E-state index in [0.717, 1.165) is 5.56 Å². The maximum atomic E-state index is 10.2. The van der Waals surface area contributed by atoms with Gasteiger partial charge >= 0.3 is 0 Å². The van der Waals surface area contributed by atoms with E-state index >= 15 is 0 Å². The van der Waals surface area contributed by atoms with E-state index in [1.807, 2.05) is 36.4 Å². The maximum absolute atomic E-state index is 10.2. The fourth-order valence-electron chi connectivity index (χ4n) is 1.97. The zero-order valence-corrected chi connectivity index (χ0v) is 8.76. The fraction of sp³-hybridized carbons (Fsp3) is 0.357. The van der Waals surface area contributed by atoms with Gasteiger partial charge in [-0.1, -0.05) is 36.9 Å². The largest absolute Gasteiger partial charge is 0.388 e. The normalized spacial score (nSPS) is 19.0. The summed E-state index contributed by atoms with van der Waals surface area (Å²) in [6.07, 6.45) is 3.93. The molecule has 1 saturated carbocycles. The molecule has 0 unspecified atom stereocenters. The maximum Gasteiger partial charge on any atom is 0.0861 e. The van der Waals surface area contributed by atoms with E-state index in [9.17, 15) is 5.11 Å². The van der Waals surface area contributed by atoms with Gasteiger partial charge in [-0.3, -0.25) is 0 Å².